The van der Waals surface area contributed by atoms with Gasteiger partial charge < -0.3 is 14.0 Å². The van der Waals surface area contributed by atoms with Crippen molar-refractivity contribution < 1.29 is 22.8 Å². The van der Waals surface area contributed by atoms with Crippen LogP contribution in [0.3, 0.4) is 0 Å². The van der Waals surface area contributed by atoms with E-state index >= 15 is 0 Å². The summed E-state index contributed by atoms with van der Waals surface area (Å²) in [5.41, 5.74) is -0.924. The van der Waals surface area contributed by atoms with Crippen molar-refractivity contribution in [3.63, 3.8) is 0 Å². The van der Waals surface area contributed by atoms with E-state index in [9.17, 15) is 8.78 Å². The van der Waals surface area contributed by atoms with Crippen molar-refractivity contribution in [2.75, 3.05) is 6.61 Å². The van der Waals surface area contributed by atoms with E-state index < -0.39 is 28.9 Å². The maximum Gasteiger partial charge on any atom is 0.489 e. The molecule has 0 aromatic heterocycles. The Morgan fingerprint density at radius 1 is 1.23 bits per heavy atom. The van der Waals surface area contributed by atoms with Crippen LogP contribution in [-0.2, 0) is 14.0 Å². The van der Waals surface area contributed by atoms with E-state index in [-0.39, 0.29) is 0 Å². The van der Waals surface area contributed by atoms with Gasteiger partial charge in [0.1, 0.15) is 11.7 Å². The predicted molar refractivity (Wildman–Crippen MR) is 78.2 cm³/mol. The van der Waals surface area contributed by atoms with Crippen molar-refractivity contribution in [3.05, 3.63) is 35.4 Å². The smallest absolute Gasteiger partial charge is 0.405 e. The van der Waals surface area contributed by atoms with E-state index in [0.717, 1.165) is 18.9 Å². The molecule has 1 aromatic rings. The number of benzene rings is 1. The zero-order valence-corrected chi connectivity index (χ0v) is 13.1. The highest BCUT2D eigenvalue weighted by Crippen LogP contribution is 2.46. The molecule has 3 rings (SSSR count). The second-order valence-corrected chi connectivity index (χ2v) is 6.78. The average Bonchev–Trinajstić information content (AvgIpc) is 3.22. The second-order valence-electron chi connectivity index (χ2n) is 6.78. The molecule has 22 heavy (non-hydrogen) atoms. The Labute approximate surface area is 130 Å². The van der Waals surface area contributed by atoms with Crippen LogP contribution in [0.5, 0.6) is 0 Å². The summed E-state index contributed by atoms with van der Waals surface area (Å²) >= 11 is 0. The summed E-state index contributed by atoms with van der Waals surface area (Å²) in [5.74, 6) is -1.21. The lowest BCUT2D eigenvalue weighted by Crippen LogP contribution is -2.50. The van der Waals surface area contributed by atoms with Crippen LogP contribution in [0.15, 0.2) is 18.2 Å². The number of rotatable bonds is 5. The average molecular weight is 309 g/mol. The number of halogens is 2. The molecule has 1 aromatic carbocycles. The third-order valence-corrected chi connectivity index (χ3v) is 4.77. The van der Waals surface area contributed by atoms with Crippen molar-refractivity contribution in [1.82, 2.24) is 0 Å². The summed E-state index contributed by atoms with van der Waals surface area (Å²) in [5, 5.41) is 0. The third-order valence-electron chi connectivity index (χ3n) is 4.77. The molecule has 1 heterocycles. The first kappa shape index (κ1) is 15.9. The lowest BCUT2D eigenvalue weighted by atomic mass is 9.80. The van der Waals surface area contributed by atoms with Crippen LogP contribution in [-0.4, -0.2) is 25.5 Å². The molecule has 2 fully saturated rings. The topological polar surface area (TPSA) is 27.7 Å². The molecular weight excluding hydrogens is 289 g/mol. The molecule has 1 saturated heterocycles. The van der Waals surface area contributed by atoms with E-state index in [1.165, 1.54) is 13.8 Å². The Balaban J connectivity index is 1.93. The molecule has 0 bridgehead atoms. The molecule has 1 saturated carbocycles. The lowest BCUT2D eigenvalue weighted by Gasteiger charge is -2.42. The first-order valence-corrected chi connectivity index (χ1v) is 7.57. The Morgan fingerprint density at radius 2 is 1.95 bits per heavy atom. The molecule has 2 unspecified atom stereocenters. The quantitative estimate of drug-likeness (QED) is 0.779. The molecule has 1 aliphatic heterocycles. The molecule has 1 radical (unpaired) electrons. The predicted octanol–water partition coefficient (Wildman–Crippen LogP) is 3.55. The van der Waals surface area contributed by atoms with Crippen molar-refractivity contribution in [2.24, 2.45) is 5.92 Å². The van der Waals surface area contributed by atoms with E-state index in [1.54, 1.807) is 6.07 Å². The van der Waals surface area contributed by atoms with E-state index in [2.05, 4.69) is 0 Å². The normalized spacial score (nSPS) is 28.4. The van der Waals surface area contributed by atoms with Gasteiger partial charge in [-0.25, -0.2) is 8.78 Å². The van der Waals surface area contributed by atoms with E-state index in [1.807, 2.05) is 20.8 Å². The van der Waals surface area contributed by atoms with E-state index in [4.69, 9.17) is 14.0 Å². The van der Waals surface area contributed by atoms with Crippen LogP contribution in [0.4, 0.5) is 8.78 Å². The fraction of sp³-hybridized carbons (Fsp3) is 0.625. The molecule has 119 valence electrons. The van der Waals surface area contributed by atoms with Gasteiger partial charge in [0, 0.05) is 0 Å². The Hall–Kier alpha value is -0.975. The summed E-state index contributed by atoms with van der Waals surface area (Å²) < 4.78 is 44.2. The zero-order valence-electron chi connectivity index (χ0n) is 13.1. The maximum absolute atomic E-state index is 13.6. The fourth-order valence-corrected chi connectivity index (χ4v) is 2.65. The Bertz CT molecular complexity index is 562. The van der Waals surface area contributed by atoms with Crippen LogP contribution in [0.25, 0.3) is 0 Å². The molecule has 2 aliphatic rings. The molecule has 0 spiro atoms. The van der Waals surface area contributed by atoms with Crippen LogP contribution < -0.4 is 0 Å². The van der Waals surface area contributed by atoms with Gasteiger partial charge in [0.05, 0.1) is 12.2 Å². The van der Waals surface area contributed by atoms with Gasteiger partial charge in [-0.3, -0.25) is 0 Å². The Kier molecular flexibility index (Phi) is 4.04. The van der Waals surface area contributed by atoms with Crippen LogP contribution >= 0.6 is 0 Å². The van der Waals surface area contributed by atoms with Gasteiger partial charge in [0.2, 0.25) is 0 Å². The summed E-state index contributed by atoms with van der Waals surface area (Å²) in [6, 6.07) is 3.84. The van der Waals surface area contributed by atoms with Crippen molar-refractivity contribution in [1.29, 1.82) is 0 Å². The summed E-state index contributed by atoms with van der Waals surface area (Å²) in [6.45, 7) is 6.24. The highest BCUT2D eigenvalue weighted by atomic mass is 19.2. The maximum atomic E-state index is 13.6. The first-order chi connectivity index (χ1) is 10.3. The summed E-state index contributed by atoms with van der Waals surface area (Å²) in [7, 11) is 1.30. The number of hydrogen-bond acceptors (Lipinski definition) is 3. The van der Waals surface area contributed by atoms with Gasteiger partial charge in [-0.15, -0.1) is 0 Å². The molecular formula is C16H20BF2O3. The molecule has 0 N–H and O–H groups in total. The molecule has 1 aliphatic carbocycles. The highest BCUT2D eigenvalue weighted by Gasteiger charge is 2.55. The molecule has 6 heteroatoms. The van der Waals surface area contributed by atoms with E-state index in [0.29, 0.717) is 18.1 Å². The summed E-state index contributed by atoms with van der Waals surface area (Å²) in [6.07, 6.45) is 1.75. The van der Waals surface area contributed by atoms with Crippen LogP contribution in [0.1, 0.15) is 45.3 Å². The first-order valence-electron chi connectivity index (χ1n) is 7.57. The standard InChI is InChI=1S/C16H20BF2O3/c1-15(2)16(3,22-17-21-15)14(20-9-10-4-5-10)11-6-7-12(18)13(19)8-11/h6-8,10,14H,4-5,9H2,1-3H3. The summed E-state index contributed by atoms with van der Waals surface area (Å²) in [4.78, 5) is 0. The van der Waals surface area contributed by atoms with Crippen molar-refractivity contribution in [3.8, 4) is 0 Å². The minimum atomic E-state index is -0.887. The molecule has 0 amide bonds. The SMILES string of the molecule is CC1(C)O[B]OC1(C)C(OCC1CC1)c1ccc(F)c(F)c1. The number of hydrogen-bond donors (Lipinski definition) is 0. The third kappa shape index (κ3) is 2.80. The highest BCUT2D eigenvalue weighted by molar-refractivity contribution is 6.19. The van der Waals surface area contributed by atoms with Gasteiger partial charge in [0.25, 0.3) is 0 Å². The van der Waals surface area contributed by atoms with Gasteiger partial charge in [-0.05, 0) is 57.2 Å². The van der Waals surface area contributed by atoms with Gasteiger partial charge in [0.15, 0.2) is 11.6 Å². The monoisotopic (exact) mass is 309 g/mol. The zero-order chi connectivity index (χ0) is 16.0. The fourth-order valence-electron chi connectivity index (χ4n) is 2.65. The minimum Gasteiger partial charge on any atom is -0.405 e. The lowest BCUT2D eigenvalue weighted by molar-refractivity contribution is -0.130. The Morgan fingerprint density at radius 3 is 2.50 bits per heavy atom. The van der Waals surface area contributed by atoms with Gasteiger partial charge >= 0.3 is 7.69 Å². The van der Waals surface area contributed by atoms with Crippen LogP contribution in [0, 0.1) is 17.6 Å². The molecule has 2 atom stereocenters. The van der Waals surface area contributed by atoms with Crippen molar-refractivity contribution in [2.45, 2.75) is 50.9 Å². The molecule has 3 nitrogen and oxygen atoms in total. The van der Waals surface area contributed by atoms with Crippen molar-refractivity contribution >= 4 is 7.69 Å². The largest absolute Gasteiger partial charge is 0.489 e. The van der Waals surface area contributed by atoms with Gasteiger partial charge in [-0.1, -0.05) is 6.07 Å². The second kappa shape index (κ2) is 5.58. The number of ether oxygens (including phenoxy) is 1. The van der Waals surface area contributed by atoms with Crippen LogP contribution in [0.2, 0.25) is 0 Å². The van der Waals surface area contributed by atoms with Gasteiger partial charge in [-0.2, -0.15) is 0 Å². The minimum absolute atomic E-state index is 0.544.